The predicted molar refractivity (Wildman–Crippen MR) is 76.1 cm³/mol. The Morgan fingerprint density at radius 1 is 1.44 bits per heavy atom. The van der Waals surface area contributed by atoms with Crippen LogP contribution in [0.25, 0.3) is 0 Å². The number of nitrogens with zero attached hydrogens (tertiary/aromatic N) is 1. The molecule has 0 saturated carbocycles. The number of carboxylic acid groups (broad SMARTS) is 1. The lowest BCUT2D eigenvalue weighted by molar-refractivity contribution is -0.154. The lowest BCUT2D eigenvalue weighted by Gasteiger charge is -2.44. The summed E-state index contributed by atoms with van der Waals surface area (Å²) in [7, 11) is 0. The van der Waals surface area contributed by atoms with Gasteiger partial charge in [0.1, 0.15) is 0 Å². The van der Waals surface area contributed by atoms with Crippen molar-refractivity contribution >= 4 is 17.7 Å². The molecule has 2 heterocycles. The molecular weight excluding hydrogens is 246 g/mol. The van der Waals surface area contributed by atoms with E-state index in [0.717, 1.165) is 38.8 Å². The molecule has 3 nitrogen and oxygen atoms in total. The van der Waals surface area contributed by atoms with E-state index in [2.05, 4.69) is 11.8 Å². The average Bonchev–Trinajstić information content (AvgIpc) is 2.40. The molecule has 18 heavy (non-hydrogen) atoms. The van der Waals surface area contributed by atoms with E-state index in [-0.39, 0.29) is 0 Å². The van der Waals surface area contributed by atoms with Crippen LogP contribution in [0.3, 0.4) is 0 Å². The third kappa shape index (κ3) is 3.02. The van der Waals surface area contributed by atoms with Gasteiger partial charge in [-0.2, -0.15) is 11.8 Å². The van der Waals surface area contributed by atoms with Gasteiger partial charge in [-0.05, 0) is 50.2 Å². The molecule has 2 aliphatic heterocycles. The lowest BCUT2D eigenvalue weighted by atomic mass is 9.76. The summed E-state index contributed by atoms with van der Waals surface area (Å²) < 4.78 is 0. The molecule has 0 aliphatic carbocycles. The third-order valence-electron chi connectivity index (χ3n) is 4.50. The number of aliphatic carboxylic acids is 1. The number of hydrogen-bond donors (Lipinski definition) is 1. The molecule has 2 saturated heterocycles. The summed E-state index contributed by atoms with van der Waals surface area (Å²) in [5.74, 6) is 1.92. The summed E-state index contributed by atoms with van der Waals surface area (Å²) in [4.78, 5) is 14.1. The molecule has 0 aromatic carbocycles. The van der Waals surface area contributed by atoms with Crippen LogP contribution in [0.5, 0.6) is 0 Å². The molecule has 1 atom stereocenters. The minimum atomic E-state index is -0.570. The molecule has 0 bridgehead atoms. The average molecular weight is 271 g/mol. The van der Waals surface area contributed by atoms with Crippen molar-refractivity contribution in [1.29, 1.82) is 0 Å². The fourth-order valence-electron chi connectivity index (χ4n) is 3.49. The van der Waals surface area contributed by atoms with Crippen LogP contribution in [0.15, 0.2) is 0 Å². The minimum absolute atomic E-state index is 0.461. The summed E-state index contributed by atoms with van der Waals surface area (Å²) in [6.45, 7) is 3.99. The maximum atomic E-state index is 11.7. The molecule has 1 N–H and O–H groups in total. The van der Waals surface area contributed by atoms with Gasteiger partial charge in [-0.25, -0.2) is 0 Å². The van der Waals surface area contributed by atoms with Gasteiger partial charge < -0.3 is 5.11 Å². The van der Waals surface area contributed by atoms with E-state index < -0.39 is 11.4 Å². The molecule has 0 radical (unpaired) electrons. The quantitative estimate of drug-likeness (QED) is 0.853. The second kappa shape index (κ2) is 6.29. The predicted octanol–water partition coefficient (Wildman–Crippen LogP) is 2.85. The lowest BCUT2D eigenvalue weighted by Crippen LogP contribution is -2.52. The Hall–Kier alpha value is -0.220. The van der Waals surface area contributed by atoms with E-state index in [0.29, 0.717) is 6.04 Å². The van der Waals surface area contributed by atoms with Crippen LogP contribution in [0.2, 0.25) is 0 Å². The van der Waals surface area contributed by atoms with Crippen molar-refractivity contribution in [2.24, 2.45) is 5.41 Å². The minimum Gasteiger partial charge on any atom is -0.481 e. The van der Waals surface area contributed by atoms with Gasteiger partial charge >= 0.3 is 5.97 Å². The molecule has 0 aromatic rings. The largest absolute Gasteiger partial charge is 0.481 e. The number of carbonyl (C=O) groups is 1. The van der Waals surface area contributed by atoms with Gasteiger partial charge in [-0.3, -0.25) is 9.69 Å². The SMILES string of the molecule is CCCC1(C(=O)O)CCCN(C2CCSCC2)C1. The van der Waals surface area contributed by atoms with Gasteiger partial charge in [0.2, 0.25) is 0 Å². The molecule has 1 unspecified atom stereocenters. The zero-order chi connectivity index (χ0) is 13.0. The van der Waals surface area contributed by atoms with Crippen LogP contribution < -0.4 is 0 Å². The Morgan fingerprint density at radius 3 is 2.78 bits per heavy atom. The molecule has 0 aromatic heterocycles. The highest BCUT2D eigenvalue weighted by Crippen LogP contribution is 2.37. The monoisotopic (exact) mass is 271 g/mol. The molecule has 0 amide bonds. The van der Waals surface area contributed by atoms with E-state index in [1.807, 2.05) is 11.8 Å². The van der Waals surface area contributed by atoms with Crippen LogP contribution >= 0.6 is 11.8 Å². The Bertz CT molecular complexity index is 288. The first-order valence-corrected chi connectivity index (χ1v) is 8.38. The number of rotatable bonds is 4. The first kappa shape index (κ1) is 14.2. The first-order valence-electron chi connectivity index (χ1n) is 7.23. The Morgan fingerprint density at radius 2 is 2.17 bits per heavy atom. The molecule has 104 valence electrons. The topological polar surface area (TPSA) is 40.5 Å². The van der Waals surface area contributed by atoms with Crippen molar-refractivity contribution < 1.29 is 9.90 Å². The van der Waals surface area contributed by atoms with Gasteiger partial charge in [-0.15, -0.1) is 0 Å². The van der Waals surface area contributed by atoms with Crippen LogP contribution in [-0.2, 0) is 4.79 Å². The second-order valence-electron chi connectivity index (χ2n) is 5.75. The van der Waals surface area contributed by atoms with Gasteiger partial charge in [-0.1, -0.05) is 13.3 Å². The Labute approximate surface area is 114 Å². The highest BCUT2D eigenvalue weighted by Gasteiger charge is 2.43. The van der Waals surface area contributed by atoms with Crippen LogP contribution in [0.1, 0.15) is 45.4 Å². The summed E-state index contributed by atoms with van der Waals surface area (Å²) in [6, 6.07) is 0.641. The van der Waals surface area contributed by atoms with Crippen molar-refractivity contribution in [3.8, 4) is 0 Å². The van der Waals surface area contributed by atoms with Gasteiger partial charge in [0.05, 0.1) is 5.41 Å². The van der Waals surface area contributed by atoms with Crippen molar-refractivity contribution in [1.82, 2.24) is 4.90 Å². The normalized spacial score (nSPS) is 31.4. The standard InChI is InChI=1S/C14H25NO2S/c1-2-6-14(13(16)17)7-3-8-15(11-14)12-4-9-18-10-5-12/h12H,2-11H2,1H3,(H,16,17). The highest BCUT2D eigenvalue weighted by molar-refractivity contribution is 7.99. The number of piperidine rings is 1. The smallest absolute Gasteiger partial charge is 0.310 e. The maximum Gasteiger partial charge on any atom is 0.310 e. The van der Waals surface area contributed by atoms with E-state index >= 15 is 0 Å². The molecule has 0 spiro atoms. The third-order valence-corrected chi connectivity index (χ3v) is 5.54. The zero-order valence-corrected chi connectivity index (χ0v) is 12.2. The molecular formula is C14H25NO2S. The van der Waals surface area contributed by atoms with Crippen molar-refractivity contribution in [2.45, 2.75) is 51.5 Å². The Kier molecular flexibility index (Phi) is 4.96. The number of carboxylic acids is 1. The van der Waals surface area contributed by atoms with Crippen molar-refractivity contribution in [2.75, 3.05) is 24.6 Å². The number of hydrogen-bond acceptors (Lipinski definition) is 3. The van der Waals surface area contributed by atoms with Gasteiger partial charge in [0.15, 0.2) is 0 Å². The van der Waals surface area contributed by atoms with Crippen LogP contribution in [0.4, 0.5) is 0 Å². The Balaban J connectivity index is 2.03. The van der Waals surface area contributed by atoms with E-state index in [4.69, 9.17) is 0 Å². The van der Waals surface area contributed by atoms with E-state index in [1.165, 1.54) is 24.3 Å². The van der Waals surface area contributed by atoms with Crippen LogP contribution in [-0.4, -0.2) is 46.6 Å². The van der Waals surface area contributed by atoms with Crippen LogP contribution in [0, 0.1) is 5.41 Å². The van der Waals surface area contributed by atoms with E-state index in [1.54, 1.807) is 0 Å². The molecule has 2 fully saturated rings. The first-order chi connectivity index (χ1) is 8.68. The van der Waals surface area contributed by atoms with E-state index in [9.17, 15) is 9.90 Å². The van der Waals surface area contributed by atoms with Gasteiger partial charge in [0, 0.05) is 12.6 Å². The zero-order valence-electron chi connectivity index (χ0n) is 11.4. The summed E-state index contributed by atoms with van der Waals surface area (Å²) in [6.07, 6.45) is 6.21. The highest BCUT2D eigenvalue weighted by atomic mass is 32.2. The van der Waals surface area contributed by atoms with Crippen molar-refractivity contribution in [3.63, 3.8) is 0 Å². The summed E-state index contributed by atoms with van der Waals surface area (Å²) in [5, 5.41) is 9.61. The summed E-state index contributed by atoms with van der Waals surface area (Å²) in [5.41, 5.74) is -0.461. The molecule has 2 rings (SSSR count). The molecule has 4 heteroatoms. The summed E-state index contributed by atoms with van der Waals surface area (Å²) >= 11 is 2.04. The van der Waals surface area contributed by atoms with Crippen molar-refractivity contribution in [3.05, 3.63) is 0 Å². The second-order valence-corrected chi connectivity index (χ2v) is 6.98. The fourth-order valence-corrected chi connectivity index (χ4v) is 4.58. The fraction of sp³-hybridized carbons (Fsp3) is 0.929. The number of thioether (sulfide) groups is 1. The van der Waals surface area contributed by atoms with Gasteiger partial charge in [0.25, 0.3) is 0 Å². The maximum absolute atomic E-state index is 11.7. The number of likely N-dealkylation sites (tertiary alicyclic amines) is 1. The molecule has 2 aliphatic rings.